The van der Waals surface area contributed by atoms with E-state index in [1.54, 1.807) is 12.3 Å². The van der Waals surface area contributed by atoms with Gasteiger partial charge in [0, 0.05) is 11.9 Å². The number of nitrogens with zero attached hydrogens (tertiary/aromatic N) is 4. The summed E-state index contributed by atoms with van der Waals surface area (Å²) in [5.41, 5.74) is 3.60. The molecule has 0 radical (unpaired) electrons. The number of nitrogens with two attached hydrogens (primary N) is 1. The second kappa shape index (κ2) is 9.78. The fourth-order valence-corrected chi connectivity index (χ4v) is 4.08. The zero-order chi connectivity index (χ0) is 21.6. The quantitative estimate of drug-likeness (QED) is 0.337. The number of aromatic amines is 1. The zero-order valence-electron chi connectivity index (χ0n) is 17.3. The molecule has 31 heavy (non-hydrogen) atoms. The Morgan fingerprint density at radius 2 is 1.97 bits per heavy atom. The van der Waals surface area contributed by atoms with E-state index in [0.717, 1.165) is 43.5 Å². The number of H-pyrrole nitrogens is 1. The molecule has 0 amide bonds. The number of aliphatic imine (C=N–C) groups is 1. The maximum atomic E-state index is 13.4. The maximum Gasteiger partial charge on any atom is 0.129 e. The number of hydrogen-bond donors (Lipinski definition) is 2. The molecule has 0 spiro atoms. The summed E-state index contributed by atoms with van der Waals surface area (Å²) in [5, 5.41) is 11.5. The number of piperidine rings is 1. The molecule has 162 valence electrons. The van der Waals surface area contributed by atoms with Crippen molar-refractivity contribution in [2.24, 2.45) is 15.9 Å². The molecule has 1 aromatic heterocycles. The lowest BCUT2D eigenvalue weighted by Crippen LogP contribution is -2.33. The van der Waals surface area contributed by atoms with Crippen molar-refractivity contribution in [1.82, 2.24) is 15.1 Å². The molecule has 2 aromatic carbocycles. The van der Waals surface area contributed by atoms with E-state index < -0.39 is 0 Å². The Balaban J connectivity index is 1.41. The van der Waals surface area contributed by atoms with E-state index in [0.29, 0.717) is 29.3 Å². The summed E-state index contributed by atoms with van der Waals surface area (Å²) in [4.78, 5) is 6.83. The van der Waals surface area contributed by atoms with Gasteiger partial charge in [0.1, 0.15) is 17.2 Å². The van der Waals surface area contributed by atoms with Crippen LogP contribution in [-0.2, 0) is 0 Å². The van der Waals surface area contributed by atoms with Crippen molar-refractivity contribution < 1.29 is 8.78 Å². The Labute approximate surface area is 179 Å². The summed E-state index contributed by atoms with van der Waals surface area (Å²) in [5.74, 6) is 5.74. The molecule has 2 heterocycles. The molecule has 6 nitrogen and oxygen atoms in total. The fourth-order valence-electron chi connectivity index (χ4n) is 4.08. The first-order chi connectivity index (χ1) is 15.2. The molecule has 0 saturated carbocycles. The SMILES string of the molecule is NN=C(C=Nc1ccc(C2CCN(CCCF)CC2)cc1)c1n[nH]c2cc(F)ccc12. The molecule has 0 unspecified atom stereocenters. The van der Waals surface area contributed by atoms with E-state index in [-0.39, 0.29) is 12.5 Å². The second-order valence-corrected chi connectivity index (χ2v) is 7.78. The number of benzene rings is 2. The third-order valence-electron chi connectivity index (χ3n) is 5.80. The van der Waals surface area contributed by atoms with Crippen molar-refractivity contribution in [2.75, 3.05) is 26.3 Å². The highest BCUT2D eigenvalue weighted by atomic mass is 19.1. The molecule has 1 aliphatic heterocycles. The molecule has 1 saturated heterocycles. The van der Waals surface area contributed by atoms with Crippen LogP contribution >= 0.6 is 0 Å². The normalized spacial score (nSPS) is 16.5. The van der Waals surface area contributed by atoms with Gasteiger partial charge in [-0.05, 0) is 74.2 Å². The molecule has 0 bridgehead atoms. The van der Waals surface area contributed by atoms with Gasteiger partial charge >= 0.3 is 0 Å². The average Bonchev–Trinajstić information content (AvgIpc) is 3.22. The van der Waals surface area contributed by atoms with Crippen LogP contribution in [0.2, 0.25) is 0 Å². The van der Waals surface area contributed by atoms with Crippen LogP contribution in [0.1, 0.15) is 36.4 Å². The van der Waals surface area contributed by atoms with E-state index in [9.17, 15) is 8.78 Å². The van der Waals surface area contributed by atoms with Crippen LogP contribution in [-0.4, -0.2) is 53.3 Å². The highest BCUT2D eigenvalue weighted by molar-refractivity contribution is 6.40. The molecule has 3 aromatic rings. The zero-order valence-corrected chi connectivity index (χ0v) is 17.3. The Morgan fingerprint density at radius 3 is 2.68 bits per heavy atom. The van der Waals surface area contributed by atoms with Gasteiger partial charge in [0.25, 0.3) is 0 Å². The Hall–Kier alpha value is -3.13. The third-order valence-corrected chi connectivity index (χ3v) is 5.80. The standard InChI is InChI=1S/C23H26F2N6/c24-10-1-11-31-12-8-17(9-13-31)16-2-5-19(6-3-16)27-15-22(28-26)23-20-7-4-18(25)14-21(20)29-30-23/h2-7,14-15,17H,1,8-13,26H2,(H,29,30). The number of likely N-dealkylation sites (tertiary alicyclic amines) is 1. The molecular weight excluding hydrogens is 398 g/mol. The van der Waals surface area contributed by atoms with Crippen molar-refractivity contribution in [3.8, 4) is 0 Å². The van der Waals surface area contributed by atoms with Gasteiger partial charge in [-0.1, -0.05) is 12.1 Å². The minimum absolute atomic E-state index is 0.243. The van der Waals surface area contributed by atoms with Crippen LogP contribution in [0.5, 0.6) is 0 Å². The lowest BCUT2D eigenvalue weighted by molar-refractivity contribution is 0.204. The van der Waals surface area contributed by atoms with Crippen LogP contribution in [0.15, 0.2) is 52.6 Å². The minimum atomic E-state index is -0.340. The first-order valence-electron chi connectivity index (χ1n) is 10.5. The van der Waals surface area contributed by atoms with Crippen LogP contribution in [0.3, 0.4) is 0 Å². The highest BCUT2D eigenvalue weighted by Gasteiger charge is 2.20. The second-order valence-electron chi connectivity index (χ2n) is 7.78. The van der Waals surface area contributed by atoms with Gasteiger partial charge in [-0.2, -0.15) is 10.2 Å². The smallest absolute Gasteiger partial charge is 0.129 e. The largest absolute Gasteiger partial charge is 0.323 e. The van der Waals surface area contributed by atoms with E-state index >= 15 is 0 Å². The van der Waals surface area contributed by atoms with Gasteiger partial charge in [-0.3, -0.25) is 14.5 Å². The van der Waals surface area contributed by atoms with Crippen molar-refractivity contribution in [3.05, 3.63) is 59.5 Å². The number of aromatic nitrogens is 2. The average molecular weight is 424 g/mol. The molecular formula is C23H26F2N6. The van der Waals surface area contributed by atoms with E-state index in [1.807, 2.05) is 12.1 Å². The lowest BCUT2D eigenvalue weighted by atomic mass is 9.89. The Morgan fingerprint density at radius 1 is 1.19 bits per heavy atom. The summed E-state index contributed by atoms with van der Waals surface area (Å²) in [6.45, 7) is 2.64. The Bertz CT molecular complexity index is 1070. The summed E-state index contributed by atoms with van der Waals surface area (Å²) in [6.07, 6.45) is 4.37. The predicted octanol–water partition coefficient (Wildman–Crippen LogP) is 4.31. The number of fused-ring (bicyclic) bond motifs is 1. The predicted molar refractivity (Wildman–Crippen MR) is 120 cm³/mol. The molecule has 4 rings (SSSR count). The van der Waals surface area contributed by atoms with Gasteiger partial charge in [0.05, 0.1) is 24.1 Å². The van der Waals surface area contributed by atoms with E-state index in [1.165, 1.54) is 17.7 Å². The van der Waals surface area contributed by atoms with Crippen molar-refractivity contribution >= 4 is 28.5 Å². The number of rotatable bonds is 7. The van der Waals surface area contributed by atoms with E-state index in [2.05, 4.69) is 37.3 Å². The summed E-state index contributed by atoms with van der Waals surface area (Å²) in [7, 11) is 0. The van der Waals surface area contributed by atoms with Crippen LogP contribution < -0.4 is 5.84 Å². The van der Waals surface area contributed by atoms with Gasteiger partial charge in [-0.15, -0.1) is 0 Å². The van der Waals surface area contributed by atoms with Gasteiger partial charge in [0.15, 0.2) is 0 Å². The monoisotopic (exact) mass is 424 g/mol. The Kier molecular flexibility index (Phi) is 6.66. The molecule has 8 heteroatoms. The maximum absolute atomic E-state index is 13.4. The van der Waals surface area contributed by atoms with Gasteiger partial charge in [0.2, 0.25) is 0 Å². The summed E-state index contributed by atoms with van der Waals surface area (Å²) < 4.78 is 25.7. The van der Waals surface area contributed by atoms with Crippen LogP contribution in [0.25, 0.3) is 10.9 Å². The molecule has 3 N–H and O–H groups in total. The molecule has 1 fully saturated rings. The lowest BCUT2D eigenvalue weighted by Gasteiger charge is -2.32. The first-order valence-corrected chi connectivity index (χ1v) is 10.5. The number of hydrogen-bond acceptors (Lipinski definition) is 5. The summed E-state index contributed by atoms with van der Waals surface area (Å²) >= 11 is 0. The van der Waals surface area contributed by atoms with Gasteiger partial charge < -0.3 is 10.7 Å². The summed E-state index contributed by atoms with van der Waals surface area (Å²) in [6, 6.07) is 12.6. The fraction of sp³-hybridized carbons (Fsp3) is 0.348. The molecule has 0 atom stereocenters. The van der Waals surface area contributed by atoms with Gasteiger partial charge in [-0.25, -0.2) is 4.39 Å². The number of nitrogens with one attached hydrogen (secondary N) is 1. The van der Waals surface area contributed by atoms with Crippen molar-refractivity contribution in [1.29, 1.82) is 0 Å². The third kappa shape index (κ3) is 4.96. The molecule has 1 aliphatic rings. The van der Waals surface area contributed by atoms with Crippen molar-refractivity contribution in [3.63, 3.8) is 0 Å². The minimum Gasteiger partial charge on any atom is -0.323 e. The molecule has 0 aliphatic carbocycles. The number of halogens is 2. The van der Waals surface area contributed by atoms with Crippen LogP contribution in [0, 0.1) is 5.82 Å². The van der Waals surface area contributed by atoms with Crippen LogP contribution in [0.4, 0.5) is 14.5 Å². The highest BCUT2D eigenvalue weighted by Crippen LogP contribution is 2.29. The topological polar surface area (TPSA) is 82.7 Å². The number of alkyl halides is 1. The van der Waals surface area contributed by atoms with E-state index in [4.69, 9.17) is 5.84 Å². The first kappa shape index (κ1) is 21.1. The van der Waals surface area contributed by atoms with Crippen molar-refractivity contribution in [2.45, 2.75) is 25.2 Å². The number of hydrazone groups is 1.